The summed E-state index contributed by atoms with van der Waals surface area (Å²) in [5, 5.41) is 8.46. The Labute approximate surface area is 172 Å². The van der Waals surface area contributed by atoms with Gasteiger partial charge in [-0.05, 0) is 36.8 Å². The standard InChI is InChI=1S/C21H20ClN3O2S/c1-14(17-12-13-18(22)28-17)23-21(27)25-19(15-8-4-2-5-9-15)20(26)24-16-10-6-3-7-11-16/h2-14,19H,1H3,(H,24,26)(H2,23,25,27). The molecule has 3 rings (SSSR count). The molecule has 0 saturated carbocycles. The molecule has 0 fully saturated rings. The van der Waals surface area contributed by atoms with Gasteiger partial charge < -0.3 is 16.0 Å². The van der Waals surface area contributed by atoms with E-state index < -0.39 is 12.1 Å². The predicted octanol–water partition coefficient (Wildman–Crippen LogP) is 5.14. The van der Waals surface area contributed by atoms with Crippen LogP contribution in [0.3, 0.4) is 0 Å². The minimum Gasteiger partial charge on any atom is -0.331 e. The molecule has 0 aliphatic rings. The predicted molar refractivity (Wildman–Crippen MR) is 114 cm³/mol. The molecule has 0 aliphatic carbocycles. The number of hydrogen-bond acceptors (Lipinski definition) is 3. The Kier molecular flexibility index (Phi) is 6.68. The first-order valence-corrected chi connectivity index (χ1v) is 9.95. The number of nitrogens with one attached hydrogen (secondary N) is 3. The molecule has 3 N–H and O–H groups in total. The van der Waals surface area contributed by atoms with Gasteiger partial charge in [0.05, 0.1) is 10.4 Å². The number of rotatable bonds is 6. The van der Waals surface area contributed by atoms with Crippen molar-refractivity contribution in [2.24, 2.45) is 0 Å². The first kappa shape index (κ1) is 19.9. The van der Waals surface area contributed by atoms with Gasteiger partial charge in [0.1, 0.15) is 6.04 Å². The summed E-state index contributed by atoms with van der Waals surface area (Å²) < 4.78 is 0.661. The summed E-state index contributed by atoms with van der Waals surface area (Å²) in [5.74, 6) is -0.320. The SMILES string of the molecule is CC(NC(=O)NC(C(=O)Nc1ccccc1)c1ccccc1)c1ccc(Cl)s1. The zero-order valence-electron chi connectivity index (χ0n) is 15.2. The van der Waals surface area contributed by atoms with Crippen molar-refractivity contribution >= 4 is 40.6 Å². The minimum atomic E-state index is -0.833. The van der Waals surface area contributed by atoms with E-state index in [2.05, 4.69) is 16.0 Å². The summed E-state index contributed by atoms with van der Waals surface area (Å²) in [6, 6.07) is 20.4. The lowest BCUT2D eigenvalue weighted by Gasteiger charge is -2.21. The quantitative estimate of drug-likeness (QED) is 0.523. The van der Waals surface area contributed by atoms with Gasteiger partial charge in [-0.3, -0.25) is 4.79 Å². The second kappa shape index (κ2) is 9.39. The number of carbonyl (C=O) groups excluding carboxylic acids is 2. The topological polar surface area (TPSA) is 70.2 Å². The number of benzene rings is 2. The second-order valence-electron chi connectivity index (χ2n) is 6.18. The van der Waals surface area contributed by atoms with Crippen LogP contribution in [0, 0.1) is 0 Å². The Morgan fingerprint density at radius 1 is 0.893 bits per heavy atom. The molecule has 0 bridgehead atoms. The van der Waals surface area contributed by atoms with Crippen molar-refractivity contribution in [3.63, 3.8) is 0 Å². The summed E-state index contributed by atoms with van der Waals surface area (Å²) >= 11 is 7.37. The van der Waals surface area contributed by atoms with Crippen LogP contribution in [0.4, 0.5) is 10.5 Å². The third kappa shape index (κ3) is 5.34. The largest absolute Gasteiger partial charge is 0.331 e. The maximum atomic E-state index is 12.8. The molecule has 28 heavy (non-hydrogen) atoms. The van der Waals surface area contributed by atoms with Gasteiger partial charge in [0.25, 0.3) is 5.91 Å². The fraction of sp³-hybridized carbons (Fsp3) is 0.143. The van der Waals surface area contributed by atoms with Crippen LogP contribution in [0.2, 0.25) is 4.34 Å². The molecule has 1 aromatic heterocycles. The van der Waals surface area contributed by atoms with Crippen molar-refractivity contribution < 1.29 is 9.59 Å². The van der Waals surface area contributed by atoms with Gasteiger partial charge in [-0.2, -0.15) is 0 Å². The molecule has 0 saturated heterocycles. The number of amides is 3. The highest BCUT2D eigenvalue weighted by atomic mass is 35.5. The van der Waals surface area contributed by atoms with Gasteiger partial charge >= 0.3 is 6.03 Å². The molecule has 7 heteroatoms. The van der Waals surface area contributed by atoms with Crippen LogP contribution < -0.4 is 16.0 Å². The van der Waals surface area contributed by atoms with Crippen molar-refractivity contribution in [3.05, 3.63) is 87.6 Å². The van der Waals surface area contributed by atoms with Crippen molar-refractivity contribution in [3.8, 4) is 0 Å². The van der Waals surface area contributed by atoms with Crippen molar-refractivity contribution in [2.75, 3.05) is 5.32 Å². The van der Waals surface area contributed by atoms with E-state index in [4.69, 9.17) is 11.6 Å². The summed E-state index contributed by atoms with van der Waals surface area (Å²) in [4.78, 5) is 26.3. The molecule has 3 amide bonds. The number of hydrogen-bond donors (Lipinski definition) is 3. The molecular formula is C21H20ClN3O2S. The Morgan fingerprint density at radius 3 is 2.14 bits per heavy atom. The molecule has 5 nitrogen and oxygen atoms in total. The van der Waals surface area contributed by atoms with Crippen LogP contribution in [0.25, 0.3) is 0 Å². The van der Waals surface area contributed by atoms with Gasteiger partial charge in [-0.1, -0.05) is 60.1 Å². The number of urea groups is 1. The van der Waals surface area contributed by atoms with E-state index in [1.54, 1.807) is 30.3 Å². The van der Waals surface area contributed by atoms with Crippen LogP contribution >= 0.6 is 22.9 Å². The maximum absolute atomic E-state index is 12.8. The van der Waals surface area contributed by atoms with E-state index in [1.165, 1.54) is 11.3 Å². The number of halogens is 1. The molecule has 2 unspecified atom stereocenters. The van der Waals surface area contributed by atoms with Crippen molar-refractivity contribution in [1.29, 1.82) is 0 Å². The number of carbonyl (C=O) groups is 2. The average Bonchev–Trinajstić information content (AvgIpc) is 3.14. The zero-order chi connectivity index (χ0) is 19.9. The van der Waals surface area contributed by atoms with Gasteiger partial charge in [0.2, 0.25) is 0 Å². The molecule has 3 aromatic rings. The summed E-state index contributed by atoms with van der Waals surface area (Å²) in [7, 11) is 0. The molecule has 0 radical (unpaired) electrons. The fourth-order valence-corrected chi connectivity index (χ4v) is 3.75. The lowest BCUT2D eigenvalue weighted by Crippen LogP contribution is -2.43. The number of anilines is 1. The molecule has 1 heterocycles. The Hall–Kier alpha value is -2.83. The number of thiophene rings is 1. The first-order chi connectivity index (χ1) is 13.5. The van der Waals surface area contributed by atoms with E-state index in [-0.39, 0.29) is 11.9 Å². The highest BCUT2D eigenvalue weighted by Crippen LogP contribution is 2.26. The Balaban J connectivity index is 1.72. The number of para-hydroxylation sites is 1. The molecule has 144 valence electrons. The smallest absolute Gasteiger partial charge is 0.316 e. The van der Waals surface area contributed by atoms with Crippen LogP contribution in [0.5, 0.6) is 0 Å². The van der Waals surface area contributed by atoms with E-state index in [0.29, 0.717) is 15.6 Å². The third-order valence-electron chi connectivity index (χ3n) is 4.08. The van der Waals surface area contributed by atoms with E-state index in [1.807, 2.05) is 49.4 Å². The highest BCUT2D eigenvalue weighted by Gasteiger charge is 2.23. The summed E-state index contributed by atoms with van der Waals surface area (Å²) in [6.45, 7) is 1.86. The fourth-order valence-electron chi connectivity index (χ4n) is 2.68. The van der Waals surface area contributed by atoms with Crippen LogP contribution in [-0.4, -0.2) is 11.9 Å². The van der Waals surface area contributed by atoms with Crippen LogP contribution in [-0.2, 0) is 4.79 Å². The minimum absolute atomic E-state index is 0.230. The van der Waals surface area contributed by atoms with Crippen LogP contribution in [0.1, 0.15) is 29.4 Å². The Bertz CT molecular complexity index is 931. The highest BCUT2D eigenvalue weighted by molar-refractivity contribution is 7.16. The second-order valence-corrected chi connectivity index (χ2v) is 7.93. The first-order valence-electron chi connectivity index (χ1n) is 8.76. The van der Waals surface area contributed by atoms with E-state index in [0.717, 1.165) is 4.88 Å². The Morgan fingerprint density at radius 2 is 1.54 bits per heavy atom. The molecule has 0 aliphatic heterocycles. The van der Waals surface area contributed by atoms with Crippen molar-refractivity contribution in [1.82, 2.24) is 10.6 Å². The van der Waals surface area contributed by atoms with Gasteiger partial charge in [-0.15, -0.1) is 11.3 Å². The van der Waals surface area contributed by atoms with Crippen LogP contribution in [0.15, 0.2) is 72.8 Å². The average molecular weight is 414 g/mol. The summed E-state index contributed by atoms with van der Waals surface area (Å²) in [5.41, 5.74) is 1.36. The van der Waals surface area contributed by atoms with Gasteiger partial charge in [0.15, 0.2) is 0 Å². The monoisotopic (exact) mass is 413 g/mol. The van der Waals surface area contributed by atoms with E-state index >= 15 is 0 Å². The van der Waals surface area contributed by atoms with E-state index in [9.17, 15) is 9.59 Å². The molecule has 0 spiro atoms. The van der Waals surface area contributed by atoms with Gasteiger partial charge in [0, 0.05) is 10.6 Å². The lowest BCUT2D eigenvalue weighted by atomic mass is 10.1. The van der Waals surface area contributed by atoms with Gasteiger partial charge in [-0.25, -0.2) is 4.79 Å². The normalized spacial score (nSPS) is 12.6. The maximum Gasteiger partial charge on any atom is 0.316 e. The zero-order valence-corrected chi connectivity index (χ0v) is 16.8. The molecule has 2 atom stereocenters. The summed E-state index contributed by atoms with van der Waals surface area (Å²) in [6.07, 6.45) is 0. The molecule has 2 aromatic carbocycles. The van der Waals surface area contributed by atoms with Crippen molar-refractivity contribution in [2.45, 2.75) is 19.0 Å². The lowest BCUT2D eigenvalue weighted by molar-refractivity contribution is -0.118. The molecular weight excluding hydrogens is 394 g/mol. The third-order valence-corrected chi connectivity index (χ3v) is 5.49.